The van der Waals surface area contributed by atoms with Crippen LogP contribution in [0.1, 0.15) is 37.2 Å². The van der Waals surface area contributed by atoms with E-state index in [1.165, 1.54) is 0 Å². The molecule has 0 atom stereocenters. The Balaban J connectivity index is 1.81. The molecule has 2 aromatic carbocycles. The lowest BCUT2D eigenvalue weighted by Gasteiger charge is -2.25. The predicted octanol–water partition coefficient (Wildman–Crippen LogP) is 5.29. The Labute approximate surface area is 125 Å². The zero-order chi connectivity index (χ0) is 14.7. The van der Waals surface area contributed by atoms with Gasteiger partial charge in [-0.1, -0.05) is 42.5 Å². The molecule has 2 aromatic rings. The van der Waals surface area contributed by atoms with Crippen molar-refractivity contribution in [2.24, 2.45) is 5.92 Å². The molecule has 21 heavy (non-hydrogen) atoms. The van der Waals surface area contributed by atoms with Gasteiger partial charge in [0, 0.05) is 11.5 Å². The number of hydrogen-bond acceptors (Lipinski definition) is 1. The molecular formula is C19H18FN. The SMILES string of the molecule is N#CC1CCC(c2ccc(-c3ccccc3)c(F)c2)CC1. The fourth-order valence-corrected chi connectivity index (χ4v) is 3.19. The average molecular weight is 279 g/mol. The van der Waals surface area contributed by atoms with Gasteiger partial charge in [-0.15, -0.1) is 0 Å². The van der Waals surface area contributed by atoms with Gasteiger partial charge in [-0.3, -0.25) is 0 Å². The third kappa shape index (κ3) is 2.97. The number of halogens is 1. The number of nitriles is 1. The standard InChI is InChI=1S/C19H18FN/c20-19-12-17(15-8-6-14(13-21)7-9-15)10-11-18(19)16-4-2-1-3-5-16/h1-5,10-12,14-15H,6-9H2. The minimum absolute atomic E-state index is 0.152. The van der Waals surface area contributed by atoms with Crippen LogP contribution in [0.25, 0.3) is 11.1 Å². The lowest BCUT2D eigenvalue weighted by Crippen LogP contribution is -2.12. The molecule has 0 heterocycles. The summed E-state index contributed by atoms with van der Waals surface area (Å²) >= 11 is 0. The van der Waals surface area contributed by atoms with Crippen LogP contribution in [0.3, 0.4) is 0 Å². The summed E-state index contributed by atoms with van der Waals surface area (Å²) in [7, 11) is 0. The molecule has 1 aliphatic carbocycles. The quantitative estimate of drug-likeness (QED) is 0.732. The van der Waals surface area contributed by atoms with E-state index in [2.05, 4.69) is 6.07 Å². The van der Waals surface area contributed by atoms with Gasteiger partial charge in [-0.25, -0.2) is 4.39 Å². The Morgan fingerprint density at radius 1 is 0.952 bits per heavy atom. The monoisotopic (exact) mass is 279 g/mol. The minimum atomic E-state index is -0.152. The van der Waals surface area contributed by atoms with E-state index < -0.39 is 0 Å². The molecule has 106 valence electrons. The summed E-state index contributed by atoms with van der Waals surface area (Å²) in [5, 5.41) is 8.94. The number of benzene rings is 2. The molecule has 0 aliphatic heterocycles. The van der Waals surface area contributed by atoms with E-state index in [9.17, 15) is 4.39 Å². The lowest BCUT2D eigenvalue weighted by atomic mass is 9.79. The maximum Gasteiger partial charge on any atom is 0.131 e. The molecule has 1 fully saturated rings. The Hall–Kier alpha value is -2.14. The summed E-state index contributed by atoms with van der Waals surface area (Å²) < 4.78 is 14.4. The third-order valence-corrected chi connectivity index (χ3v) is 4.46. The highest BCUT2D eigenvalue weighted by atomic mass is 19.1. The highest BCUT2D eigenvalue weighted by molar-refractivity contribution is 5.64. The first-order chi connectivity index (χ1) is 10.3. The number of rotatable bonds is 2. The molecule has 1 saturated carbocycles. The van der Waals surface area contributed by atoms with Crippen molar-refractivity contribution in [2.75, 3.05) is 0 Å². The Morgan fingerprint density at radius 2 is 1.67 bits per heavy atom. The smallest absolute Gasteiger partial charge is 0.131 e. The molecule has 0 spiro atoms. The summed E-state index contributed by atoms with van der Waals surface area (Å²) in [6.07, 6.45) is 3.84. The first kappa shape index (κ1) is 13.8. The van der Waals surface area contributed by atoms with Crippen LogP contribution in [0.4, 0.5) is 4.39 Å². The third-order valence-electron chi connectivity index (χ3n) is 4.46. The average Bonchev–Trinajstić information content (AvgIpc) is 2.55. The summed E-state index contributed by atoms with van der Waals surface area (Å²) in [6.45, 7) is 0. The molecule has 0 N–H and O–H groups in total. The van der Waals surface area contributed by atoms with E-state index >= 15 is 0 Å². The Morgan fingerprint density at radius 3 is 2.29 bits per heavy atom. The lowest BCUT2D eigenvalue weighted by molar-refractivity contribution is 0.381. The second kappa shape index (κ2) is 6.10. The van der Waals surface area contributed by atoms with Gasteiger partial charge >= 0.3 is 0 Å². The van der Waals surface area contributed by atoms with Gasteiger partial charge in [0.1, 0.15) is 5.82 Å². The van der Waals surface area contributed by atoms with Crippen molar-refractivity contribution in [3.8, 4) is 17.2 Å². The van der Waals surface area contributed by atoms with Crippen molar-refractivity contribution < 1.29 is 4.39 Å². The van der Waals surface area contributed by atoms with Crippen molar-refractivity contribution in [1.82, 2.24) is 0 Å². The zero-order valence-electron chi connectivity index (χ0n) is 11.9. The number of nitrogens with zero attached hydrogens (tertiary/aromatic N) is 1. The summed E-state index contributed by atoms with van der Waals surface area (Å²) in [5.74, 6) is 0.435. The molecule has 0 aromatic heterocycles. The van der Waals surface area contributed by atoms with E-state index in [0.29, 0.717) is 11.5 Å². The normalized spacial score (nSPS) is 21.7. The zero-order valence-corrected chi connectivity index (χ0v) is 11.9. The van der Waals surface area contributed by atoms with Crippen molar-refractivity contribution in [3.05, 3.63) is 59.9 Å². The minimum Gasteiger partial charge on any atom is -0.206 e. The van der Waals surface area contributed by atoms with Crippen molar-refractivity contribution >= 4 is 0 Å². The van der Waals surface area contributed by atoms with Gasteiger partial charge in [-0.05, 0) is 48.8 Å². The molecule has 1 nitrogen and oxygen atoms in total. The molecule has 0 saturated heterocycles. The van der Waals surface area contributed by atoms with Gasteiger partial charge in [-0.2, -0.15) is 5.26 Å². The number of hydrogen-bond donors (Lipinski definition) is 0. The molecule has 3 rings (SSSR count). The fourth-order valence-electron chi connectivity index (χ4n) is 3.19. The fraction of sp³-hybridized carbons (Fsp3) is 0.316. The van der Waals surface area contributed by atoms with Crippen LogP contribution in [0.15, 0.2) is 48.5 Å². The van der Waals surface area contributed by atoms with Gasteiger partial charge in [0.15, 0.2) is 0 Å². The molecule has 0 amide bonds. The second-order valence-electron chi connectivity index (χ2n) is 5.78. The van der Waals surface area contributed by atoms with E-state index in [1.807, 2.05) is 42.5 Å². The van der Waals surface area contributed by atoms with Crippen LogP contribution in [0.2, 0.25) is 0 Å². The van der Waals surface area contributed by atoms with E-state index in [-0.39, 0.29) is 11.7 Å². The van der Waals surface area contributed by atoms with Gasteiger partial charge in [0.25, 0.3) is 0 Å². The Bertz CT molecular complexity index is 649. The van der Waals surface area contributed by atoms with Gasteiger partial charge in [0.2, 0.25) is 0 Å². The first-order valence-corrected chi connectivity index (χ1v) is 7.52. The summed E-state index contributed by atoms with van der Waals surface area (Å²) in [4.78, 5) is 0. The highest BCUT2D eigenvalue weighted by Gasteiger charge is 2.22. The van der Waals surface area contributed by atoms with Crippen LogP contribution in [0, 0.1) is 23.1 Å². The highest BCUT2D eigenvalue weighted by Crippen LogP contribution is 2.36. The maximum absolute atomic E-state index is 14.4. The maximum atomic E-state index is 14.4. The largest absolute Gasteiger partial charge is 0.206 e. The summed E-state index contributed by atoms with van der Waals surface area (Å²) in [5.41, 5.74) is 2.64. The Kier molecular flexibility index (Phi) is 4.01. The first-order valence-electron chi connectivity index (χ1n) is 7.52. The topological polar surface area (TPSA) is 23.8 Å². The van der Waals surface area contributed by atoms with Crippen LogP contribution in [-0.2, 0) is 0 Å². The van der Waals surface area contributed by atoms with E-state index in [4.69, 9.17) is 5.26 Å². The predicted molar refractivity (Wildman–Crippen MR) is 82.1 cm³/mol. The van der Waals surface area contributed by atoms with Crippen LogP contribution >= 0.6 is 0 Å². The van der Waals surface area contributed by atoms with Crippen molar-refractivity contribution in [1.29, 1.82) is 5.26 Å². The molecule has 2 heteroatoms. The van der Waals surface area contributed by atoms with E-state index in [0.717, 1.165) is 36.8 Å². The molecule has 0 radical (unpaired) electrons. The van der Waals surface area contributed by atoms with Crippen LogP contribution < -0.4 is 0 Å². The molecule has 0 bridgehead atoms. The molecule has 0 unspecified atom stereocenters. The molecular weight excluding hydrogens is 261 g/mol. The van der Waals surface area contributed by atoms with E-state index in [1.54, 1.807) is 6.07 Å². The van der Waals surface area contributed by atoms with Crippen LogP contribution in [0.5, 0.6) is 0 Å². The van der Waals surface area contributed by atoms with Crippen LogP contribution in [-0.4, -0.2) is 0 Å². The molecule has 1 aliphatic rings. The second-order valence-corrected chi connectivity index (χ2v) is 5.78. The van der Waals surface area contributed by atoms with Crippen molar-refractivity contribution in [2.45, 2.75) is 31.6 Å². The van der Waals surface area contributed by atoms with Gasteiger partial charge < -0.3 is 0 Å². The van der Waals surface area contributed by atoms with Crippen molar-refractivity contribution in [3.63, 3.8) is 0 Å². The summed E-state index contributed by atoms with van der Waals surface area (Å²) in [6, 6.07) is 17.6. The van der Waals surface area contributed by atoms with Gasteiger partial charge in [0.05, 0.1) is 6.07 Å².